The van der Waals surface area contributed by atoms with E-state index in [1.807, 2.05) is 31.2 Å². The van der Waals surface area contributed by atoms with Crippen molar-refractivity contribution in [3.8, 4) is 0 Å². The molecule has 0 saturated carbocycles. The Bertz CT molecular complexity index is 740. The molecule has 1 aromatic carbocycles. The van der Waals surface area contributed by atoms with Crippen LogP contribution >= 0.6 is 11.8 Å². The van der Waals surface area contributed by atoms with Crippen LogP contribution in [0, 0.1) is 0 Å². The fourth-order valence-electron chi connectivity index (χ4n) is 2.21. The Kier molecular flexibility index (Phi) is 3.25. The Balaban J connectivity index is 2.10. The van der Waals surface area contributed by atoms with Crippen molar-refractivity contribution in [2.45, 2.75) is 22.1 Å². The van der Waals surface area contributed by atoms with Crippen LogP contribution in [0.4, 0.5) is 5.69 Å². The summed E-state index contributed by atoms with van der Waals surface area (Å²) in [5.41, 5.74) is 0.737. The topological polar surface area (TPSA) is 55.2 Å². The lowest BCUT2D eigenvalue weighted by atomic mass is 10.3. The van der Waals surface area contributed by atoms with Crippen molar-refractivity contribution < 1.29 is 8.42 Å². The number of hydrogen-bond acceptors (Lipinski definition) is 4. The number of rotatable bonds is 2. The second-order valence-corrected chi connectivity index (χ2v) is 8.10. The van der Waals surface area contributed by atoms with Crippen LogP contribution in [0.3, 0.4) is 0 Å². The van der Waals surface area contributed by atoms with Gasteiger partial charge in [-0.25, -0.2) is 4.98 Å². The minimum atomic E-state index is -3.60. The molecule has 0 radical (unpaired) electrons. The predicted octanol–water partition coefficient (Wildman–Crippen LogP) is 2.11. The van der Waals surface area contributed by atoms with Crippen molar-refractivity contribution in [2.24, 2.45) is 7.05 Å². The zero-order valence-electron chi connectivity index (χ0n) is 11.2. The third kappa shape index (κ3) is 2.20. The van der Waals surface area contributed by atoms with Gasteiger partial charge in [-0.05, 0) is 12.1 Å². The molecule has 1 atom stereocenters. The van der Waals surface area contributed by atoms with Gasteiger partial charge in [-0.1, -0.05) is 19.1 Å². The van der Waals surface area contributed by atoms with Gasteiger partial charge >= 0.3 is 0 Å². The first-order valence-corrected chi connectivity index (χ1v) is 8.57. The van der Waals surface area contributed by atoms with Crippen LogP contribution in [0.2, 0.25) is 0 Å². The van der Waals surface area contributed by atoms with E-state index < -0.39 is 10.0 Å². The number of sulfonamides is 1. The SMILES string of the molecule is CC1CN(S(=O)(=O)c2cn(C)cn2)c2ccccc2S1. The molecule has 1 unspecified atom stereocenters. The Morgan fingerprint density at radius 2 is 2.10 bits per heavy atom. The number of thioether (sulfide) groups is 1. The van der Waals surface area contributed by atoms with Gasteiger partial charge in [-0.3, -0.25) is 4.31 Å². The molecule has 0 fully saturated rings. The summed E-state index contributed by atoms with van der Waals surface area (Å²) in [6, 6.07) is 7.58. The van der Waals surface area contributed by atoms with Crippen molar-refractivity contribution in [3.63, 3.8) is 0 Å². The number of imidazole rings is 1. The number of benzene rings is 1. The number of para-hydroxylation sites is 1. The van der Waals surface area contributed by atoms with E-state index in [1.54, 1.807) is 23.4 Å². The second-order valence-electron chi connectivity index (χ2n) is 4.81. The maximum absolute atomic E-state index is 12.7. The largest absolute Gasteiger partial charge is 0.339 e. The molecular weight excluding hydrogens is 294 g/mol. The van der Waals surface area contributed by atoms with Crippen molar-refractivity contribution in [1.82, 2.24) is 9.55 Å². The van der Waals surface area contributed by atoms with Gasteiger partial charge in [0.05, 0.1) is 12.0 Å². The molecule has 0 aliphatic carbocycles. The summed E-state index contributed by atoms with van der Waals surface area (Å²) < 4.78 is 28.6. The first-order valence-electron chi connectivity index (χ1n) is 6.25. The Morgan fingerprint density at radius 1 is 1.35 bits per heavy atom. The highest BCUT2D eigenvalue weighted by Gasteiger charge is 2.33. The molecule has 0 amide bonds. The average molecular weight is 309 g/mol. The van der Waals surface area contributed by atoms with E-state index in [0.717, 1.165) is 10.6 Å². The summed E-state index contributed by atoms with van der Waals surface area (Å²) in [5.74, 6) is 0. The summed E-state index contributed by atoms with van der Waals surface area (Å²) in [4.78, 5) is 4.98. The molecule has 7 heteroatoms. The fourth-order valence-corrected chi connectivity index (χ4v) is 5.02. The third-order valence-corrected chi connectivity index (χ3v) is 5.94. The number of fused-ring (bicyclic) bond motifs is 1. The van der Waals surface area contributed by atoms with Gasteiger partial charge in [0.25, 0.3) is 10.0 Å². The van der Waals surface area contributed by atoms with Crippen LogP contribution < -0.4 is 4.31 Å². The summed E-state index contributed by atoms with van der Waals surface area (Å²) in [5, 5.41) is 0.303. The lowest BCUT2D eigenvalue weighted by Crippen LogP contribution is -2.38. The molecule has 20 heavy (non-hydrogen) atoms. The van der Waals surface area contributed by atoms with Crippen LogP contribution in [0.25, 0.3) is 0 Å². The summed E-state index contributed by atoms with van der Waals surface area (Å²) in [6.45, 7) is 2.49. The van der Waals surface area contributed by atoms with Crippen LogP contribution in [-0.2, 0) is 17.1 Å². The van der Waals surface area contributed by atoms with Gasteiger partial charge in [0.15, 0.2) is 5.03 Å². The molecule has 0 spiro atoms. The zero-order valence-corrected chi connectivity index (χ0v) is 12.9. The van der Waals surface area contributed by atoms with Crippen molar-refractivity contribution >= 4 is 27.5 Å². The standard InChI is InChI=1S/C13H15N3O2S2/c1-10-7-16(11-5-3-4-6-12(11)19-10)20(17,18)13-8-15(2)9-14-13/h3-6,8-10H,7H2,1-2H3. The maximum atomic E-state index is 12.7. The van der Waals surface area contributed by atoms with Crippen molar-refractivity contribution in [2.75, 3.05) is 10.8 Å². The van der Waals surface area contributed by atoms with Crippen LogP contribution in [0.1, 0.15) is 6.92 Å². The summed E-state index contributed by atoms with van der Waals surface area (Å²) in [7, 11) is -1.84. The van der Waals surface area contributed by atoms with Gasteiger partial charge in [-0.2, -0.15) is 8.42 Å². The lowest BCUT2D eigenvalue weighted by Gasteiger charge is -2.32. The predicted molar refractivity (Wildman–Crippen MR) is 79.5 cm³/mol. The van der Waals surface area contributed by atoms with Gasteiger partial charge < -0.3 is 4.57 Å². The van der Waals surface area contributed by atoms with Gasteiger partial charge in [0.2, 0.25) is 0 Å². The quantitative estimate of drug-likeness (QED) is 0.852. The second kappa shape index (κ2) is 4.82. The first-order chi connectivity index (χ1) is 9.48. The minimum absolute atomic E-state index is 0.0916. The van der Waals surface area contributed by atoms with Crippen molar-refractivity contribution in [3.05, 3.63) is 36.8 Å². The Morgan fingerprint density at radius 3 is 2.80 bits per heavy atom. The lowest BCUT2D eigenvalue weighted by molar-refractivity contribution is 0.586. The number of aryl methyl sites for hydroxylation is 1. The average Bonchev–Trinajstić information content (AvgIpc) is 2.85. The molecule has 0 N–H and O–H groups in total. The molecule has 5 nitrogen and oxygen atoms in total. The van der Waals surface area contributed by atoms with E-state index >= 15 is 0 Å². The fraction of sp³-hybridized carbons (Fsp3) is 0.308. The first kappa shape index (κ1) is 13.5. The van der Waals surface area contributed by atoms with Crippen LogP contribution in [0.15, 0.2) is 46.7 Å². The van der Waals surface area contributed by atoms with E-state index in [2.05, 4.69) is 4.98 Å². The molecule has 2 aromatic rings. The molecule has 3 rings (SSSR count). The third-order valence-electron chi connectivity index (χ3n) is 3.12. The van der Waals surface area contributed by atoms with E-state index in [9.17, 15) is 8.42 Å². The van der Waals surface area contributed by atoms with E-state index in [0.29, 0.717) is 6.54 Å². The monoisotopic (exact) mass is 309 g/mol. The highest BCUT2D eigenvalue weighted by molar-refractivity contribution is 8.00. The molecular formula is C13H15N3O2S2. The van der Waals surface area contributed by atoms with Crippen molar-refractivity contribution in [1.29, 1.82) is 0 Å². The molecule has 0 saturated heterocycles. The summed E-state index contributed by atoms with van der Waals surface area (Å²) in [6.07, 6.45) is 3.03. The molecule has 1 aliphatic heterocycles. The number of aromatic nitrogens is 2. The van der Waals surface area contributed by atoms with Crippen LogP contribution in [-0.4, -0.2) is 29.8 Å². The molecule has 0 bridgehead atoms. The number of anilines is 1. The highest BCUT2D eigenvalue weighted by Crippen LogP contribution is 2.40. The number of nitrogens with zero attached hydrogens (tertiary/aromatic N) is 3. The Labute approximate surface area is 122 Å². The van der Waals surface area contributed by atoms with E-state index in [1.165, 1.54) is 16.8 Å². The minimum Gasteiger partial charge on any atom is -0.339 e. The molecule has 2 heterocycles. The Hall–Kier alpha value is -1.47. The highest BCUT2D eigenvalue weighted by atomic mass is 32.2. The smallest absolute Gasteiger partial charge is 0.283 e. The normalized spacial score (nSPS) is 18.9. The zero-order chi connectivity index (χ0) is 14.3. The number of hydrogen-bond donors (Lipinski definition) is 0. The van der Waals surface area contributed by atoms with Crippen LogP contribution in [0.5, 0.6) is 0 Å². The van der Waals surface area contributed by atoms with Gasteiger partial charge in [-0.15, -0.1) is 11.8 Å². The summed E-state index contributed by atoms with van der Waals surface area (Å²) >= 11 is 1.70. The molecule has 1 aromatic heterocycles. The molecule has 1 aliphatic rings. The van der Waals surface area contributed by atoms with E-state index in [4.69, 9.17) is 0 Å². The van der Waals surface area contributed by atoms with Gasteiger partial charge in [0, 0.05) is 29.9 Å². The van der Waals surface area contributed by atoms with Gasteiger partial charge in [0.1, 0.15) is 0 Å². The van der Waals surface area contributed by atoms with E-state index in [-0.39, 0.29) is 10.3 Å². The maximum Gasteiger partial charge on any atom is 0.283 e. The molecule has 106 valence electrons.